The van der Waals surface area contributed by atoms with Gasteiger partial charge in [0.15, 0.2) is 0 Å². The number of carbonyl (C=O) groups excluding carboxylic acids is 1. The highest BCUT2D eigenvalue weighted by molar-refractivity contribution is 7.90. The van der Waals surface area contributed by atoms with Crippen molar-refractivity contribution in [3.05, 3.63) is 29.3 Å². The predicted octanol–water partition coefficient (Wildman–Crippen LogP) is 1.97. The van der Waals surface area contributed by atoms with Gasteiger partial charge in [0.1, 0.15) is 4.90 Å². The number of amides is 1. The molecule has 0 radical (unpaired) electrons. The number of rotatable bonds is 3. The van der Waals surface area contributed by atoms with Crippen LogP contribution in [0.3, 0.4) is 0 Å². The van der Waals surface area contributed by atoms with Gasteiger partial charge >= 0.3 is 5.97 Å². The van der Waals surface area contributed by atoms with Crippen molar-refractivity contribution < 1.29 is 23.1 Å². The minimum atomic E-state index is -3.95. The van der Waals surface area contributed by atoms with Gasteiger partial charge in [0.25, 0.3) is 15.9 Å². The molecule has 1 aromatic rings. The van der Waals surface area contributed by atoms with E-state index in [2.05, 4.69) is 0 Å². The Hall–Kier alpha value is -1.89. The molecule has 1 aliphatic rings. The maximum Gasteiger partial charge on any atom is 0.335 e. The third-order valence-electron chi connectivity index (χ3n) is 3.32. The zero-order valence-electron chi connectivity index (χ0n) is 12.1. The molecule has 0 fully saturated rings. The summed E-state index contributed by atoms with van der Waals surface area (Å²) in [6, 6.07) is 3.54. The molecule has 1 N–H and O–H groups in total. The normalized spacial score (nSPS) is 16.9. The fourth-order valence-electron chi connectivity index (χ4n) is 2.07. The van der Waals surface area contributed by atoms with Crippen LogP contribution in [-0.4, -0.2) is 36.3 Å². The molecular weight excluding hydrogens is 294 g/mol. The van der Waals surface area contributed by atoms with Gasteiger partial charge in [-0.2, -0.15) is 0 Å². The first kappa shape index (κ1) is 15.5. The number of carboxylic acid groups (broad SMARTS) is 1. The van der Waals surface area contributed by atoms with Gasteiger partial charge in [-0.05, 0) is 30.0 Å². The van der Waals surface area contributed by atoms with E-state index in [0.717, 1.165) is 10.4 Å². The van der Waals surface area contributed by atoms with Crippen molar-refractivity contribution in [2.45, 2.75) is 32.1 Å². The maximum atomic E-state index is 12.4. The molecule has 114 valence electrons. The molecule has 7 heteroatoms. The molecule has 1 heterocycles. The molecule has 0 saturated heterocycles. The third-order valence-corrected chi connectivity index (χ3v) is 5.14. The third kappa shape index (κ3) is 2.78. The topological polar surface area (TPSA) is 91.8 Å². The van der Waals surface area contributed by atoms with Gasteiger partial charge < -0.3 is 5.11 Å². The van der Waals surface area contributed by atoms with E-state index in [4.69, 9.17) is 5.11 Å². The van der Waals surface area contributed by atoms with Crippen LogP contribution in [0.5, 0.6) is 0 Å². The van der Waals surface area contributed by atoms with Crippen LogP contribution < -0.4 is 0 Å². The largest absolute Gasteiger partial charge is 0.478 e. The number of aromatic carboxylic acids is 1. The monoisotopic (exact) mass is 311 g/mol. The van der Waals surface area contributed by atoms with Crippen molar-refractivity contribution in [2.24, 2.45) is 5.41 Å². The summed E-state index contributed by atoms with van der Waals surface area (Å²) in [6.45, 7) is 5.95. The van der Waals surface area contributed by atoms with E-state index in [9.17, 15) is 18.0 Å². The van der Waals surface area contributed by atoms with Crippen LogP contribution in [-0.2, 0) is 10.0 Å². The Kier molecular flexibility index (Phi) is 3.57. The lowest BCUT2D eigenvalue weighted by molar-refractivity contribution is 0.0695. The highest BCUT2D eigenvalue weighted by Gasteiger charge is 2.41. The van der Waals surface area contributed by atoms with Crippen LogP contribution >= 0.6 is 0 Å². The summed E-state index contributed by atoms with van der Waals surface area (Å²) in [7, 11) is -3.95. The van der Waals surface area contributed by atoms with Gasteiger partial charge in [-0.25, -0.2) is 17.5 Å². The summed E-state index contributed by atoms with van der Waals surface area (Å²) < 4.78 is 25.6. The van der Waals surface area contributed by atoms with Crippen LogP contribution in [0.4, 0.5) is 0 Å². The van der Waals surface area contributed by atoms with E-state index in [1.807, 2.05) is 20.8 Å². The van der Waals surface area contributed by atoms with Crippen molar-refractivity contribution in [3.63, 3.8) is 0 Å². The summed E-state index contributed by atoms with van der Waals surface area (Å²) in [4.78, 5) is 22.9. The number of fused-ring (bicyclic) bond motifs is 1. The smallest absolute Gasteiger partial charge is 0.335 e. The van der Waals surface area contributed by atoms with Crippen LogP contribution in [0.2, 0.25) is 0 Å². The van der Waals surface area contributed by atoms with Gasteiger partial charge in [-0.3, -0.25) is 4.79 Å². The van der Waals surface area contributed by atoms with Crippen LogP contribution in [0.25, 0.3) is 0 Å². The molecule has 0 atom stereocenters. The van der Waals surface area contributed by atoms with Crippen molar-refractivity contribution in [1.82, 2.24) is 4.31 Å². The number of carbonyl (C=O) groups is 2. The van der Waals surface area contributed by atoms with Gasteiger partial charge in [0.2, 0.25) is 0 Å². The van der Waals surface area contributed by atoms with Crippen LogP contribution in [0, 0.1) is 5.41 Å². The molecule has 0 aromatic heterocycles. The van der Waals surface area contributed by atoms with Gasteiger partial charge in [-0.1, -0.05) is 20.8 Å². The average molecular weight is 311 g/mol. The van der Waals surface area contributed by atoms with Crippen LogP contribution in [0.1, 0.15) is 47.9 Å². The number of nitrogens with zero attached hydrogens (tertiary/aromatic N) is 1. The quantitative estimate of drug-likeness (QED) is 0.921. The Bertz CT molecular complexity index is 715. The van der Waals surface area contributed by atoms with E-state index >= 15 is 0 Å². The second-order valence-corrected chi connectivity index (χ2v) is 8.04. The minimum absolute atomic E-state index is 0.0360. The number of benzene rings is 1. The fourth-order valence-corrected chi connectivity index (χ4v) is 3.66. The molecule has 0 unspecified atom stereocenters. The van der Waals surface area contributed by atoms with Crippen molar-refractivity contribution in [3.8, 4) is 0 Å². The number of sulfonamides is 1. The number of carboxylic acids is 1. The molecule has 0 spiro atoms. The highest BCUT2D eigenvalue weighted by Crippen LogP contribution is 2.32. The minimum Gasteiger partial charge on any atom is -0.478 e. The molecule has 0 saturated carbocycles. The van der Waals surface area contributed by atoms with Crippen LogP contribution in [0.15, 0.2) is 23.1 Å². The first-order chi connectivity index (χ1) is 9.54. The number of hydrogen-bond acceptors (Lipinski definition) is 4. The lowest BCUT2D eigenvalue weighted by atomic mass is 9.92. The Balaban J connectivity index is 2.43. The summed E-state index contributed by atoms with van der Waals surface area (Å²) in [5.74, 6) is -1.82. The molecule has 1 aromatic carbocycles. The van der Waals surface area contributed by atoms with Crippen molar-refractivity contribution in [1.29, 1.82) is 0 Å². The molecular formula is C14H17NO5S. The lowest BCUT2D eigenvalue weighted by Gasteiger charge is -2.22. The Morgan fingerprint density at radius 1 is 1.29 bits per heavy atom. The van der Waals surface area contributed by atoms with E-state index < -0.39 is 21.9 Å². The fraction of sp³-hybridized carbons (Fsp3) is 0.429. The lowest BCUT2D eigenvalue weighted by Crippen LogP contribution is -2.32. The zero-order valence-corrected chi connectivity index (χ0v) is 12.9. The molecule has 6 nitrogen and oxygen atoms in total. The van der Waals surface area contributed by atoms with E-state index in [0.29, 0.717) is 6.42 Å². The van der Waals surface area contributed by atoms with Gasteiger partial charge in [0.05, 0.1) is 11.1 Å². The molecule has 21 heavy (non-hydrogen) atoms. The summed E-state index contributed by atoms with van der Waals surface area (Å²) in [5.41, 5.74) is -0.228. The molecule has 0 bridgehead atoms. The highest BCUT2D eigenvalue weighted by atomic mass is 32.2. The Morgan fingerprint density at radius 3 is 2.43 bits per heavy atom. The average Bonchev–Trinajstić information content (AvgIpc) is 2.54. The molecule has 1 amide bonds. The SMILES string of the molecule is CC(C)(C)CCN1C(=O)c2ccc(C(=O)O)cc2S1(=O)=O. The summed E-state index contributed by atoms with van der Waals surface area (Å²) in [6.07, 6.45) is 0.526. The van der Waals surface area contributed by atoms with E-state index in [1.54, 1.807) is 0 Å². The predicted molar refractivity (Wildman–Crippen MR) is 75.7 cm³/mol. The second-order valence-electron chi connectivity index (χ2n) is 6.21. The zero-order chi connectivity index (χ0) is 16.0. The van der Waals surface area contributed by atoms with Gasteiger partial charge in [0, 0.05) is 6.54 Å². The molecule has 1 aliphatic heterocycles. The molecule has 2 rings (SSSR count). The maximum absolute atomic E-state index is 12.4. The standard InChI is InChI=1S/C14H17NO5S/c1-14(2,3)6-7-15-12(16)10-5-4-9(13(17)18)8-11(10)21(15,19)20/h4-5,8H,6-7H2,1-3H3,(H,17,18). The van der Waals surface area contributed by atoms with Gasteiger partial charge in [-0.15, -0.1) is 0 Å². The van der Waals surface area contributed by atoms with E-state index in [1.165, 1.54) is 12.1 Å². The summed E-state index contributed by atoms with van der Waals surface area (Å²) >= 11 is 0. The molecule has 0 aliphatic carbocycles. The summed E-state index contributed by atoms with van der Waals surface area (Å²) in [5, 5.41) is 8.93. The first-order valence-corrected chi connectivity index (χ1v) is 7.92. The number of hydrogen-bond donors (Lipinski definition) is 1. The Morgan fingerprint density at radius 2 is 1.90 bits per heavy atom. The first-order valence-electron chi connectivity index (χ1n) is 6.48. The Labute approximate surface area is 123 Å². The van der Waals surface area contributed by atoms with Crippen molar-refractivity contribution in [2.75, 3.05) is 6.54 Å². The van der Waals surface area contributed by atoms with E-state index in [-0.39, 0.29) is 28.0 Å². The second kappa shape index (κ2) is 4.84. The van der Waals surface area contributed by atoms with Crippen molar-refractivity contribution >= 4 is 21.9 Å².